The summed E-state index contributed by atoms with van der Waals surface area (Å²) in [4.78, 5) is 27.4. The van der Waals surface area contributed by atoms with Gasteiger partial charge in [-0.05, 0) is 29.6 Å². The molecule has 1 aliphatic heterocycles. The Kier molecular flexibility index (Phi) is 6.09. The molecule has 33 heavy (non-hydrogen) atoms. The number of halogens is 3. The number of ether oxygens (including phenoxy) is 2. The van der Waals surface area contributed by atoms with E-state index in [4.69, 9.17) is 21.1 Å². The van der Waals surface area contributed by atoms with Crippen LogP contribution in [0.2, 0.25) is 5.02 Å². The number of carbonyl (C=O) groups is 2. The number of ketones is 1. The van der Waals surface area contributed by atoms with Crippen molar-refractivity contribution >= 4 is 46.1 Å². The van der Waals surface area contributed by atoms with Crippen LogP contribution in [-0.4, -0.2) is 31.0 Å². The third-order valence-corrected chi connectivity index (χ3v) is 6.37. The van der Waals surface area contributed by atoms with Gasteiger partial charge in [-0.3, -0.25) is 14.5 Å². The Bertz CT molecular complexity index is 1290. The molecule has 3 aromatic rings. The molecule has 1 amide bonds. The molecule has 1 unspecified atom stereocenters. The minimum absolute atomic E-state index is 0.0302. The number of rotatable bonds is 5. The van der Waals surface area contributed by atoms with E-state index in [-0.39, 0.29) is 27.7 Å². The average Bonchev–Trinajstić information content (AvgIpc) is 3.42. The maximum absolute atomic E-state index is 14.6. The molecule has 0 saturated carbocycles. The van der Waals surface area contributed by atoms with E-state index >= 15 is 0 Å². The second-order valence-corrected chi connectivity index (χ2v) is 8.35. The second-order valence-electron chi connectivity index (χ2n) is 6.97. The average molecular weight is 492 g/mol. The fraction of sp³-hybridized carbons (Fsp3) is 0.130. The van der Waals surface area contributed by atoms with Crippen molar-refractivity contribution in [3.05, 3.63) is 80.5 Å². The number of benzene rings is 2. The van der Waals surface area contributed by atoms with Crippen molar-refractivity contribution < 1.29 is 33.0 Å². The van der Waals surface area contributed by atoms with E-state index in [9.17, 15) is 23.5 Å². The number of anilines is 1. The first-order chi connectivity index (χ1) is 15.8. The van der Waals surface area contributed by atoms with Crippen LogP contribution in [0.4, 0.5) is 14.5 Å². The van der Waals surface area contributed by atoms with Crippen LogP contribution >= 0.6 is 22.9 Å². The number of amides is 1. The molecule has 0 bridgehead atoms. The molecule has 2 aromatic carbocycles. The summed E-state index contributed by atoms with van der Waals surface area (Å²) in [7, 11) is 2.74. The van der Waals surface area contributed by atoms with Crippen LogP contribution < -0.4 is 14.4 Å². The van der Waals surface area contributed by atoms with Gasteiger partial charge in [0.2, 0.25) is 0 Å². The Morgan fingerprint density at radius 1 is 1.09 bits per heavy atom. The van der Waals surface area contributed by atoms with Gasteiger partial charge in [0.05, 0.1) is 36.1 Å². The maximum atomic E-state index is 14.6. The molecule has 170 valence electrons. The monoisotopic (exact) mass is 491 g/mol. The Labute approximate surface area is 196 Å². The number of carbonyl (C=O) groups excluding carboxylic acids is 2. The summed E-state index contributed by atoms with van der Waals surface area (Å²) in [6.07, 6.45) is 0. The Morgan fingerprint density at radius 2 is 1.82 bits per heavy atom. The van der Waals surface area contributed by atoms with Crippen molar-refractivity contribution in [1.82, 2.24) is 0 Å². The number of hydrogen-bond acceptors (Lipinski definition) is 6. The number of nitrogens with zero attached hydrogens (tertiary/aromatic N) is 1. The van der Waals surface area contributed by atoms with Crippen LogP contribution in [0.1, 0.15) is 16.5 Å². The minimum Gasteiger partial charge on any atom is -0.507 e. The first-order valence-corrected chi connectivity index (χ1v) is 10.8. The van der Waals surface area contributed by atoms with Crippen molar-refractivity contribution in [1.29, 1.82) is 0 Å². The lowest BCUT2D eigenvalue weighted by atomic mass is 9.99. The van der Waals surface area contributed by atoms with E-state index in [1.807, 2.05) is 0 Å². The predicted octanol–water partition coefficient (Wildman–Crippen LogP) is 5.32. The Balaban J connectivity index is 1.99. The third-order valence-electron chi connectivity index (χ3n) is 5.15. The van der Waals surface area contributed by atoms with Crippen molar-refractivity contribution in [2.24, 2.45) is 0 Å². The number of hydrogen-bond donors (Lipinski definition) is 1. The van der Waals surface area contributed by atoms with Crippen molar-refractivity contribution in [3.63, 3.8) is 0 Å². The van der Waals surface area contributed by atoms with Crippen molar-refractivity contribution in [2.45, 2.75) is 6.04 Å². The van der Waals surface area contributed by atoms with Gasteiger partial charge in [-0.1, -0.05) is 17.7 Å². The molecule has 1 N–H and O–H groups in total. The lowest BCUT2D eigenvalue weighted by Gasteiger charge is -2.24. The van der Waals surface area contributed by atoms with Crippen LogP contribution in [0, 0.1) is 11.6 Å². The number of methoxy groups -OCH3 is 2. The summed E-state index contributed by atoms with van der Waals surface area (Å²) in [6, 6.07) is 7.43. The number of thiophene rings is 1. The first-order valence-electron chi connectivity index (χ1n) is 9.49. The van der Waals surface area contributed by atoms with Gasteiger partial charge in [-0.25, -0.2) is 8.78 Å². The lowest BCUT2D eigenvalue weighted by Crippen LogP contribution is -2.30. The molecule has 0 aliphatic carbocycles. The highest BCUT2D eigenvalue weighted by Crippen LogP contribution is 2.46. The van der Waals surface area contributed by atoms with Crippen LogP contribution in [0.3, 0.4) is 0 Å². The summed E-state index contributed by atoms with van der Waals surface area (Å²) in [5.74, 6) is -4.05. The van der Waals surface area contributed by atoms with Crippen LogP contribution in [0.15, 0.2) is 53.4 Å². The maximum Gasteiger partial charge on any atom is 0.300 e. The summed E-state index contributed by atoms with van der Waals surface area (Å²) in [5, 5.41) is 13.0. The van der Waals surface area contributed by atoms with Gasteiger partial charge in [-0.2, -0.15) is 0 Å². The molecule has 0 radical (unpaired) electrons. The van der Waals surface area contributed by atoms with Crippen molar-refractivity contribution in [3.8, 4) is 11.5 Å². The molecule has 1 aromatic heterocycles. The van der Waals surface area contributed by atoms with E-state index < -0.39 is 40.8 Å². The summed E-state index contributed by atoms with van der Waals surface area (Å²) >= 11 is 7.39. The van der Waals surface area contributed by atoms with E-state index in [2.05, 4.69) is 0 Å². The molecule has 6 nitrogen and oxygen atoms in total. The van der Waals surface area contributed by atoms with Crippen LogP contribution in [0.25, 0.3) is 5.76 Å². The zero-order valence-electron chi connectivity index (χ0n) is 17.3. The fourth-order valence-electron chi connectivity index (χ4n) is 3.66. The number of aliphatic hydroxyl groups is 1. The molecular formula is C23H16ClF2NO5S. The predicted molar refractivity (Wildman–Crippen MR) is 120 cm³/mol. The van der Waals surface area contributed by atoms with Gasteiger partial charge in [0.15, 0.2) is 0 Å². The van der Waals surface area contributed by atoms with Gasteiger partial charge >= 0.3 is 0 Å². The van der Waals surface area contributed by atoms with Gasteiger partial charge < -0.3 is 14.6 Å². The molecular weight excluding hydrogens is 476 g/mol. The first kappa shape index (κ1) is 22.8. The third kappa shape index (κ3) is 3.83. The summed E-state index contributed by atoms with van der Waals surface area (Å²) < 4.78 is 39.0. The SMILES string of the molecule is COc1cc(OC)c(/C(O)=C2/C(=O)C(=O)N(c3cc(F)ccc3F)C2c2cccs2)cc1Cl. The summed E-state index contributed by atoms with van der Waals surface area (Å²) in [5.41, 5.74) is -0.706. The highest BCUT2D eigenvalue weighted by Gasteiger charge is 2.48. The van der Waals surface area contributed by atoms with Gasteiger partial charge in [0.1, 0.15) is 34.9 Å². The lowest BCUT2D eigenvalue weighted by molar-refractivity contribution is -0.132. The minimum atomic E-state index is -1.20. The smallest absolute Gasteiger partial charge is 0.300 e. The second kappa shape index (κ2) is 8.84. The van der Waals surface area contributed by atoms with Crippen LogP contribution in [-0.2, 0) is 9.59 Å². The van der Waals surface area contributed by atoms with Crippen molar-refractivity contribution in [2.75, 3.05) is 19.1 Å². The zero-order valence-corrected chi connectivity index (χ0v) is 18.8. The molecule has 0 spiro atoms. The quantitative estimate of drug-likeness (QED) is 0.297. The van der Waals surface area contributed by atoms with Gasteiger partial charge in [-0.15, -0.1) is 11.3 Å². The van der Waals surface area contributed by atoms with E-state index in [1.54, 1.807) is 17.5 Å². The molecule has 4 rings (SSSR count). The Morgan fingerprint density at radius 3 is 2.45 bits per heavy atom. The van der Waals surface area contributed by atoms with E-state index in [1.165, 1.54) is 37.7 Å². The number of Topliss-reactive ketones (excluding diaryl/α,β-unsaturated/α-hetero) is 1. The molecule has 1 saturated heterocycles. The topological polar surface area (TPSA) is 76.1 Å². The summed E-state index contributed by atoms with van der Waals surface area (Å²) in [6.45, 7) is 0. The van der Waals surface area contributed by atoms with Gasteiger partial charge in [0.25, 0.3) is 11.7 Å². The highest BCUT2D eigenvalue weighted by molar-refractivity contribution is 7.10. The molecule has 1 atom stereocenters. The fourth-order valence-corrected chi connectivity index (χ4v) is 4.72. The Hall–Kier alpha value is -3.43. The highest BCUT2D eigenvalue weighted by atomic mass is 35.5. The zero-order chi connectivity index (χ0) is 23.9. The standard InChI is InChI=1S/C23H16ClF2NO5S/c1-31-16-10-17(32-2)13(24)9-12(16)21(28)19-20(18-4-3-7-33-18)27(23(30)22(19)29)15-8-11(25)5-6-14(15)26/h3-10,20,28H,1-2H3/b21-19-. The van der Waals surface area contributed by atoms with Crippen LogP contribution in [0.5, 0.6) is 11.5 Å². The van der Waals surface area contributed by atoms with E-state index in [0.717, 1.165) is 23.1 Å². The normalized spacial score (nSPS) is 17.5. The van der Waals surface area contributed by atoms with Gasteiger partial charge in [0, 0.05) is 17.0 Å². The molecule has 10 heteroatoms. The largest absolute Gasteiger partial charge is 0.507 e. The van der Waals surface area contributed by atoms with E-state index in [0.29, 0.717) is 4.88 Å². The molecule has 1 aliphatic rings. The number of aliphatic hydroxyl groups excluding tert-OH is 1. The molecule has 2 heterocycles. The molecule has 1 fully saturated rings.